The van der Waals surface area contributed by atoms with E-state index in [1.165, 1.54) is 35.2 Å². The second kappa shape index (κ2) is 12.2. The third-order valence-corrected chi connectivity index (χ3v) is 7.53. The summed E-state index contributed by atoms with van der Waals surface area (Å²) in [6.45, 7) is 4.58. The number of nitrogens with one attached hydrogen (secondary N) is 1. The van der Waals surface area contributed by atoms with Gasteiger partial charge in [-0.3, -0.25) is 13.9 Å². The number of rotatable bonds is 10. The summed E-state index contributed by atoms with van der Waals surface area (Å²) < 4.78 is 52.4. The number of sulfonamides is 1. The minimum atomic E-state index is -3.96. The standard InChI is InChI=1S/C30H34FN3O6S/c1-30(2,3)32-29(36)25(16-21-10-6-5-7-11-21)33(18-22-12-8-9-13-24(22)31)28(35)19-34(41(4,37)38)23-14-15-26-27(17-23)40-20-39-26/h5-15,17,25H,16,18-20H2,1-4H3,(H,32,36). The molecule has 0 saturated heterocycles. The maximum absolute atomic E-state index is 14.8. The zero-order chi connectivity index (χ0) is 29.8. The third kappa shape index (κ3) is 7.75. The van der Waals surface area contributed by atoms with Gasteiger partial charge < -0.3 is 19.7 Å². The lowest BCUT2D eigenvalue weighted by molar-refractivity contribution is -0.140. The van der Waals surface area contributed by atoms with Crippen LogP contribution in [0.3, 0.4) is 0 Å². The number of anilines is 1. The number of halogens is 1. The predicted octanol–water partition coefficient (Wildman–Crippen LogP) is 3.88. The maximum Gasteiger partial charge on any atom is 0.244 e. The molecule has 1 aliphatic rings. The van der Waals surface area contributed by atoms with Gasteiger partial charge in [-0.05, 0) is 44.5 Å². The summed E-state index contributed by atoms with van der Waals surface area (Å²) >= 11 is 0. The highest BCUT2D eigenvalue weighted by molar-refractivity contribution is 7.92. The van der Waals surface area contributed by atoms with Crippen molar-refractivity contribution in [3.05, 3.63) is 89.7 Å². The molecule has 41 heavy (non-hydrogen) atoms. The summed E-state index contributed by atoms with van der Waals surface area (Å²) in [5, 5.41) is 2.93. The van der Waals surface area contributed by atoms with Crippen molar-refractivity contribution in [2.75, 3.05) is 23.9 Å². The van der Waals surface area contributed by atoms with Crippen LogP contribution < -0.4 is 19.1 Å². The number of fused-ring (bicyclic) bond motifs is 1. The van der Waals surface area contributed by atoms with Crippen LogP contribution in [0.1, 0.15) is 31.9 Å². The Morgan fingerprint density at radius 2 is 1.63 bits per heavy atom. The summed E-state index contributed by atoms with van der Waals surface area (Å²) in [7, 11) is -3.96. The molecular formula is C30H34FN3O6S. The van der Waals surface area contributed by atoms with Crippen molar-refractivity contribution in [1.29, 1.82) is 0 Å². The summed E-state index contributed by atoms with van der Waals surface area (Å²) in [4.78, 5) is 29.0. The first kappa shape index (κ1) is 29.9. The minimum Gasteiger partial charge on any atom is -0.454 e. The van der Waals surface area contributed by atoms with E-state index in [2.05, 4.69) is 5.32 Å². The molecule has 0 aromatic heterocycles. The van der Waals surface area contributed by atoms with Gasteiger partial charge >= 0.3 is 0 Å². The molecule has 9 nitrogen and oxygen atoms in total. The van der Waals surface area contributed by atoms with Crippen molar-refractivity contribution < 1.29 is 31.9 Å². The zero-order valence-corrected chi connectivity index (χ0v) is 24.3. The summed E-state index contributed by atoms with van der Waals surface area (Å²) in [6.07, 6.45) is 1.12. The zero-order valence-electron chi connectivity index (χ0n) is 23.5. The minimum absolute atomic E-state index is 0.00291. The fourth-order valence-corrected chi connectivity index (χ4v) is 5.31. The molecule has 0 aliphatic carbocycles. The topological polar surface area (TPSA) is 105 Å². The van der Waals surface area contributed by atoms with Gasteiger partial charge in [0.25, 0.3) is 0 Å². The highest BCUT2D eigenvalue weighted by Gasteiger charge is 2.35. The van der Waals surface area contributed by atoms with Crippen LogP contribution in [0.15, 0.2) is 72.8 Å². The van der Waals surface area contributed by atoms with Gasteiger partial charge in [-0.1, -0.05) is 48.5 Å². The fraction of sp³-hybridized carbons (Fsp3) is 0.333. The Balaban J connectivity index is 1.75. The molecule has 218 valence electrons. The molecule has 1 heterocycles. The van der Waals surface area contributed by atoms with Crippen molar-refractivity contribution in [3.8, 4) is 11.5 Å². The number of benzene rings is 3. The van der Waals surface area contributed by atoms with E-state index in [0.717, 1.165) is 16.1 Å². The van der Waals surface area contributed by atoms with E-state index >= 15 is 0 Å². The normalized spacial score (nSPS) is 13.4. The highest BCUT2D eigenvalue weighted by atomic mass is 32.2. The number of amides is 2. The molecule has 2 amide bonds. The van der Waals surface area contributed by atoms with Crippen LogP contribution in [-0.2, 0) is 32.6 Å². The lowest BCUT2D eigenvalue weighted by Crippen LogP contribution is -2.56. The molecule has 0 fully saturated rings. The molecule has 4 rings (SSSR count). The molecule has 0 radical (unpaired) electrons. The number of hydrogen-bond donors (Lipinski definition) is 1. The Morgan fingerprint density at radius 3 is 2.29 bits per heavy atom. The average Bonchev–Trinajstić information content (AvgIpc) is 3.37. The Kier molecular flexibility index (Phi) is 8.86. The number of ether oxygens (including phenoxy) is 2. The van der Waals surface area contributed by atoms with Crippen LogP contribution in [0.5, 0.6) is 11.5 Å². The van der Waals surface area contributed by atoms with Crippen LogP contribution in [0.2, 0.25) is 0 Å². The van der Waals surface area contributed by atoms with Gasteiger partial charge in [0.05, 0.1) is 11.9 Å². The second-order valence-corrected chi connectivity index (χ2v) is 12.8. The smallest absolute Gasteiger partial charge is 0.244 e. The van der Waals surface area contributed by atoms with E-state index < -0.39 is 45.8 Å². The van der Waals surface area contributed by atoms with E-state index in [4.69, 9.17) is 9.47 Å². The van der Waals surface area contributed by atoms with Crippen molar-refractivity contribution in [2.24, 2.45) is 0 Å². The number of hydrogen-bond acceptors (Lipinski definition) is 6. The Hall–Kier alpha value is -4.12. The molecule has 1 atom stereocenters. The van der Waals surface area contributed by atoms with Gasteiger partial charge in [0.1, 0.15) is 18.4 Å². The summed E-state index contributed by atoms with van der Waals surface area (Å²) in [5.74, 6) is -0.869. The lowest BCUT2D eigenvalue weighted by atomic mass is 10.0. The first-order valence-electron chi connectivity index (χ1n) is 13.1. The lowest BCUT2D eigenvalue weighted by Gasteiger charge is -2.35. The van der Waals surface area contributed by atoms with E-state index in [0.29, 0.717) is 11.5 Å². The molecule has 0 saturated carbocycles. The van der Waals surface area contributed by atoms with Crippen molar-refractivity contribution in [1.82, 2.24) is 10.2 Å². The van der Waals surface area contributed by atoms with Crippen LogP contribution >= 0.6 is 0 Å². The summed E-state index contributed by atoms with van der Waals surface area (Å²) in [6, 6.07) is 18.6. The molecule has 11 heteroatoms. The Labute approximate surface area is 239 Å². The molecule has 3 aromatic rings. The maximum atomic E-state index is 14.8. The van der Waals surface area contributed by atoms with Crippen molar-refractivity contribution >= 4 is 27.5 Å². The van der Waals surface area contributed by atoms with E-state index in [-0.39, 0.29) is 31.0 Å². The van der Waals surface area contributed by atoms with E-state index in [1.54, 1.807) is 12.1 Å². The first-order chi connectivity index (χ1) is 19.3. The van der Waals surface area contributed by atoms with Crippen LogP contribution in [0.4, 0.5) is 10.1 Å². The molecular weight excluding hydrogens is 549 g/mol. The quantitative estimate of drug-likeness (QED) is 0.389. The van der Waals surface area contributed by atoms with Gasteiger partial charge in [0.15, 0.2) is 11.5 Å². The van der Waals surface area contributed by atoms with Crippen LogP contribution in [0.25, 0.3) is 0 Å². The second-order valence-electron chi connectivity index (χ2n) is 10.9. The van der Waals surface area contributed by atoms with Gasteiger partial charge in [-0.2, -0.15) is 0 Å². The molecule has 1 N–H and O–H groups in total. The summed E-state index contributed by atoms with van der Waals surface area (Å²) in [5.41, 5.74) is 0.541. The largest absolute Gasteiger partial charge is 0.454 e. The number of carbonyl (C=O) groups excluding carboxylic acids is 2. The molecule has 1 unspecified atom stereocenters. The highest BCUT2D eigenvalue weighted by Crippen LogP contribution is 2.36. The number of carbonyl (C=O) groups is 2. The van der Waals surface area contributed by atoms with Crippen molar-refractivity contribution in [3.63, 3.8) is 0 Å². The van der Waals surface area contributed by atoms with Gasteiger partial charge in [0.2, 0.25) is 28.6 Å². The fourth-order valence-electron chi connectivity index (χ4n) is 4.47. The monoisotopic (exact) mass is 583 g/mol. The third-order valence-electron chi connectivity index (χ3n) is 6.39. The van der Waals surface area contributed by atoms with E-state index in [1.807, 2.05) is 51.1 Å². The average molecular weight is 584 g/mol. The molecule has 1 aliphatic heterocycles. The van der Waals surface area contributed by atoms with Gasteiger partial charge in [-0.25, -0.2) is 12.8 Å². The SMILES string of the molecule is CC(C)(C)NC(=O)C(Cc1ccccc1)N(Cc1ccccc1F)C(=O)CN(c1ccc2c(c1)OCO2)S(C)(=O)=O. The van der Waals surface area contributed by atoms with Crippen molar-refractivity contribution in [2.45, 2.75) is 45.3 Å². The molecule has 0 bridgehead atoms. The predicted molar refractivity (Wildman–Crippen MR) is 154 cm³/mol. The van der Waals surface area contributed by atoms with E-state index in [9.17, 15) is 22.4 Å². The molecule has 0 spiro atoms. The molecule has 3 aromatic carbocycles. The van der Waals surface area contributed by atoms with Crippen LogP contribution in [0, 0.1) is 5.82 Å². The van der Waals surface area contributed by atoms with Gasteiger partial charge in [-0.15, -0.1) is 0 Å². The Bertz CT molecular complexity index is 1510. The Morgan fingerprint density at radius 1 is 0.976 bits per heavy atom. The van der Waals surface area contributed by atoms with Crippen LogP contribution in [-0.4, -0.2) is 56.3 Å². The first-order valence-corrected chi connectivity index (χ1v) is 14.9. The number of nitrogens with zero attached hydrogens (tertiary/aromatic N) is 2. The van der Waals surface area contributed by atoms with Gasteiger partial charge in [0, 0.05) is 30.1 Å².